The van der Waals surface area contributed by atoms with E-state index in [9.17, 15) is 4.79 Å². The van der Waals surface area contributed by atoms with Gasteiger partial charge in [-0.05, 0) is 36.8 Å². The summed E-state index contributed by atoms with van der Waals surface area (Å²) in [6.07, 6.45) is 8.05. The maximum atomic E-state index is 11.8. The molecule has 3 heteroatoms. The van der Waals surface area contributed by atoms with E-state index in [4.69, 9.17) is 9.15 Å². The molecule has 0 N–H and O–H groups in total. The van der Waals surface area contributed by atoms with E-state index in [0.29, 0.717) is 17.6 Å². The molecular formula is C13H14O3. The first-order valence-corrected chi connectivity index (χ1v) is 5.70. The van der Waals surface area contributed by atoms with Gasteiger partial charge >= 0.3 is 5.97 Å². The van der Waals surface area contributed by atoms with E-state index in [1.165, 1.54) is 0 Å². The van der Waals surface area contributed by atoms with Crippen LogP contribution in [0.3, 0.4) is 0 Å². The second-order valence-corrected chi connectivity index (χ2v) is 4.57. The number of rotatable bonds is 3. The summed E-state index contributed by atoms with van der Waals surface area (Å²) in [6, 6.07) is 3.61. The van der Waals surface area contributed by atoms with E-state index in [2.05, 4.69) is 12.2 Å². The van der Waals surface area contributed by atoms with Crippen LogP contribution in [0, 0.1) is 17.8 Å². The predicted octanol–water partition coefficient (Wildman–Crippen LogP) is 2.54. The van der Waals surface area contributed by atoms with Crippen LogP contribution < -0.4 is 0 Å². The number of allylic oxidation sites excluding steroid dienone is 2. The van der Waals surface area contributed by atoms with Gasteiger partial charge in [-0.3, -0.25) is 4.79 Å². The Kier molecular flexibility index (Phi) is 2.31. The molecule has 1 heterocycles. The third-order valence-electron chi connectivity index (χ3n) is 3.52. The van der Waals surface area contributed by atoms with Crippen LogP contribution in [0.15, 0.2) is 35.0 Å². The summed E-state index contributed by atoms with van der Waals surface area (Å²) in [7, 11) is 0. The zero-order chi connectivity index (χ0) is 11.0. The van der Waals surface area contributed by atoms with Crippen LogP contribution in [0.4, 0.5) is 0 Å². The highest BCUT2D eigenvalue weighted by molar-refractivity contribution is 5.74. The van der Waals surface area contributed by atoms with Gasteiger partial charge in [0, 0.05) is 0 Å². The Labute approximate surface area is 94.1 Å². The number of carbonyl (C=O) groups is 1. The molecule has 1 fully saturated rings. The monoisotopic (exact) mass is 218 g/mol. The second-order valence-electron chi connectivity index (χ2n) is 4.57. The molecule has 2 aliphatic rings. The molecule has 0 amide bonds. The molecule has 0 aromatic carbocycles. The summed E-state index contributed by atoms with van der Waals surface area (Å²) >= 11 is 0. The quantitative estimate of drug-likeness (QED) is 0.578. The van der Waals surface area contributed by atoms with Crippen molar-refractivity contribution in [1.82, 2.24) is 0 Å². The van der Waals surface area contributed by atoms with Crippen molar-refractivity contribution in [3.63, 3.8) is 0 Å². The number of carbonyl (C=O) groups excluding carboxylic acids is 1. The van der Waals surface area contributed by atoms with E-state index in [1.54, 1.807) is 12.3 Å². The van der Waals surface area contributed by atoms with Gasteiger partial charge in [-0.15, -0.1) is 0 Å². The van der Waals surface area contributed by atoms with Crippen LogP contribution in [-0.4, -0.2) is 5.97 Å². The maximum absolute atomic E-state index is 11.8. The highest BCUT2D eigenvalue weighted by atomic mass is 16.5. The lowest BCUT2D eigenvalue weighted by atomic mass is 9.94. The van der Waals surface area contributed by atoms with Crippen molar-refractivity contribution in [2.45, 2.75) is 19.4 Å². The zero-order valence-corrected chi connectivity index (χ0v) is 8.96. The minimum atomic E-state index is -0.0757. The molecule has 16 heavy (non-hydrogen) atoms. The fourth-order valence-corrected chi connectivity index (χ4v) is 2.70. The van der Waals surface area contributed by atoms with Gasteiger partial charge in [-0.2, -0.15) is 0 Å². The first-order chi connectivity index (χ1) is 7.83. The Morgan fingerprint density at radius 3 is 3.00 bits per heavy atom. The number of hydrogen-bond acceptors (Lipinski definition) is 3. The molecule has 1 aromatic heterocycles. The van der Waals surface area contributed by atoms with Crippen molar-refractivity contribution in [3.05, 3.63) is 36.3 Å². The molecule has 1 aromatic rings. The molecule has 2 bridgehead atoms. The number of fused-ring (bicyclic) bond motifs is 2. The van der Waals surface area contributed by atoms with Crippen LogP contribution in [0.1, 0.15) is 18.6 Å². The van der Waals surface area contributed by atoms with E-state index < -0.39 is 0 Å². The SMILES string of the molecule is O=C(OCc1ccco1)[C@@H]1C[C@H]2C=C[C@@H]1C2. The van der Waals surface area contributed by atoms with Crippen molar-refractivity contribution >= 4 is 5.97 Å². The number of hydrogen-bond donors (Lipinski definition) is 0. The minimum absolute atomic E-state index is 0.0740. The summed E-state index contributed by atoms with van der Waals surface area (Å²) in [4.78, 5) is 11.8. The summed E-state index contributed by atoms with van der Waals surface area (Å²) < 4.78 is 10.4. The number of esters is 1. The molecule has 0 unspecified atom stereocenters. The van der Waals surface area contributed by atoms with Gasteiger partial charge < -0.3 is 9.15 Å². The van der Waals surface area contributed by atoms with Gasteiger partial charge in [-0.1, -0.05) is 12.2 Å². The first-order valence-electron chi connectivity index (χ1n) is 5.70. The third-order valence-corrected chi connectivity index (χ3v) is 3.52. The van der Waals surface area contributed by atoms with Crippen LogP contribution >= 0.6 is 0 Å². The molecule has 84 valence electrons. The molecule has 0 saturated heterocycles. The molecule has 3 atom stereocenters. The normalized spacial score (nSPS) is 30.9. The van der Waals surface area contributed by atoms with E-state index >= 15 is 0 Å². The van der Waals surface area contributed by atoms with Crippen LogP contribution in [0.2, 0.25) is 0 Å². The average molecular weight is 218 g/mol. The topological polar surface area (TPSA) is 39.4 Å². The molecule has 0 spiro atoms. The van der Waals surface area contributed by atoms with Gasteiger partial charge in [0.1, 0.15) is 12.4 Å². The molecule has 2 aliphatic carbocycles. The summed E-state index contributed by atoms with van der Waals surface area (Å²) in [5.74, 6) is 1.71. The molecule has 0 aliphatic heterocycles. The fraction of sp³-hybridized carbons (Fsp3) is 0.462. The molecular weight excluding hydrogens is 204 g/mol. The molecule has 3 rings (SSSR count). The highest BCUT2D eigenvalue weighted by Gasteiger charge is 2.40. The van der Waals surface area contributed by atoms with Gasteiger partial charge in [0.2, 0.25) is 0 Å². The van der Waals surface area contributed by atoms with Gasteiger partial charge in [0.15, 0.2) is 0 Å². The Morgan fingerprint density at radius 1 is 1.44 bits per heavy atom. The van der Waals surface area contributed by atoms with Crippen LogP contribution in [0.5, 0.6) is 0 Å². The van der Waals surface area contributed by atoms with Gasteiger partial charge in [0.25, 0.3) is 0 Å². The first kappa shape index (κ1) is 9.70. The number of ether oxygens (including phenoxy) is 1. The van der Waals surface area contributed by atoms with Crippen molar-refractivity contribution < 1.29 is 13.9 Å². The lowest BCUT2D eigenvalue weighted by Crippen LogP contribution is -2.21. The minimum Gasteiger partial charge on any atom is -0.466 e. The standard InChI is InChI=1S/C13H14O3/c14-13(16-8-11-2-1-5-15-11)12-7-9-3-4-10(12)6-9/h1-5,9-10,12H,6-8H2/t9-,10+,12+/m0/s1. The maximum Gasteiger partial charge on any atom is 0.309 e. The van der Waals surface area contributed by atoms with Crippen molar-refractivity contribution in [2.75, 3.05) is 0 Å². The Bertz CT molecular complexity index is 405. The molecule has 1 saturated carbocycles. The summed E-state index contributed by atoms with van der Waals surface area (Å²) in [5, 5.41) is 0. The summed E-state index contributed by atoms with van der Waals surface area (Å²) in [5.41, 5.74) is 0. The lowest BCUT2D eigenvalue weighted by molar-refractivity contribution is -0.151. The fourth-order valence-electron chi connectivity index (χ4n) is 2.70. The van der Waals surface area contributed by atoms with Gasteiger partial charge in [0.05, 0.1) is 12.2 Å². The zero-order valence-electron chi connectivity index (χ0n) is 8.96. The Balaban J connectivity index is 1.56. The smallest absolute Gasteiger partial charge is 0.309 e. The van der Waals surface area contributed by atoms with Crippen molar-refractivity contribution in [3.8, 4) is 0 Å². The van der Waals surface area contributed by atoms with E-state index in [1.807, 2.05) is 6.07 Å². The van der Waals surface area contributed by atoms with Crippen molar-refractivity contribution in [2.24, 2.45) is 17.8 Å². The summed E-state index contributed by atoms with van der Waals surface area (Å²) in [6.45, 7) is 0.253. The predicted molar refractivity (Wildman–Crippen MR) is 57.3 cm³/mol. The molecule has 3 nitrogen and oxygen atoms in total. The largest absolute Gasteiger partial charge is 0.466 e. The van der Waals surface area contributed by atoms with Gasteiger partial charge in [-0.25, -0.2) is 0 Å². The van der Waals surface area contributed by atoms with Crippen LogP contribution in [-0.2, 0) is 16.1 Å². The highest BCUT2D eigenvalue weighted by Crippen LogP contribution is 2.43. The average Bonchev–Trinajstić information content (AvgIpc) is 3.01. The van der Waals surface area contributed by atoms with E-state index in [0.717, 1.165) is 12.8 Å². The van der Waals surface area contributed by atoms with Crippen LogP contribution in [0.25, 0.3) is 0 Å². The lowest BCUT2D eigenvalue weighted by Gasteiger charge is -2.15. The number of furan rings is 1. The third kappa shape index (κ3) is 1.66. The second kappa shape index (κ2) is 3.81. The Morgan fingerprint density at radius 2 is 2.38 bits per heavy atom. The van der Waals surface area contributed by atoms with E-state index in [-0.39, 0.29) is 18.5 Å². The van der Waals surface area contributed by atoms with Crippen molar-refractivity contribution in [1.29, 1.82) is 0 Å². The molecule has 0 radical (unpaired) electrons. The Hall–Kier alpha value is -1.51.